The van der Waals surface area contributed by atoms with Crippen LogP contribution < -0.4 is 43.2 Å². The first-order valence-electron chi connectivity index (χ1n) is 13.9. The number of benzene rings is 2. The molecule has 5 rings (SSSR count). The predicted molar refractivity (Wildman–Crippen MR) is 159 cm³/mol. The summed E-state index contributed by atoms with van der Waals surface area (Å²) >= 11 is 0. The number of carbonyl (C=O) groups excluding carboxylic acids is 2. The second-order valence-electron chi connectivity index (χ2n) is 10.9. The molecular formula is C28H36FN11O2. The fraction of sp³-hybridized carbons (Fsp3) is 0.393. The average Bonchev–Trinajstić information content (AvgIpc) is 2.96. The first-order valence-corrected chi connectivity index (χ1v) is 13.9. The SMILES string of the molecule is NC1CC(N)CN(c2nc(Nc3ccc(C(=O)CC(=O)N(F)c4ccccc4)cc3)nc(N3CC(N)CC(N)C3)n2)C1. The van der Waals surface area contributed by atoms with Crippen molar-refractivity contribution in [2.75, 3.05) is 46.4 Å². The molecule has 0 saturated carbocycles. The monoisotopic (exact) mass is 577 g/mol. The minimum absolute atomic E-state index is 0.0199. The van der Waals surface area contributed by atoms with E-state index in [0.29, 0.717) is 56.6 Å². The number of hydrogen-bond acceptors (Lipinski definition) is 12. The van der Waals surface area contributed by atoms with Crippen LogP contribution in [0.3, 0.4) is 0 Å². The normalized spacial score (nSPS) is 22.5. The average molecular weight is 578 g/mol. The third-order valence-electron chi connectivity index (χ3n) is 7.18. The summed E-state index contributed by atoms with van der Waals surface area (Å²) < 4.78 is 14.4. The number of hydrogen-bond donors (Lipinski definition) is 5. The Balaban J connectivity index is 1.32. The van der Waals surface area contributed by atoms with Crippen molar-refractivity contribution in [3.05, 3.63) is 60.2 Å². The summed E-state index contributed by atoms with van der Waals surface area (Å²) in [6.07, 6.45) is 0.807. The second-order valence-corrected chi connectivity index (χ2v) is 10.9. The van der Waals surface area contributed by atoms with Gasteiger partial charge in [0, 0.05) is 61.6 Å². The van der Waals surface area contributed by atoms with Crippen molar-refractivity contribution < 1.29 is 14.1 Å². The van der Waals surface area contributed by atoms with E-state index in [1.54, 1.807) is 42.5 Å². The Hall–Kier alpha value is -4.24. The Kier molecular flexibility index (Phi) is 8.87. The first-order chi connectivity index (χ1) is 20.1. The van der Waals surface area contributed by atoms with Crippen LogP contribution in [0, 0.1) is 0 Å². The highest BCUT2D eigenvalue weighted by molar-refractivity contribution is 6.11. The molecule has 0 radical (unpaired) electrons. The third kappa shape index (κ3) is 7.15. The van der Waals surface area contributed by atoms with Crippen molar-refractivity contribution in [2.24, 2.45) is 22.9 Å². The molecule has 1 amide bonds. The molecule has 3 aromatic rings. The van der Waals surface area contributed by atoms with E-state index in [9.17, 15) is 14.1 Å². The number of carbonyl (C=O) groups is 2. The standard InChI is InChI=1S/C28H36FN11O2/c29-40(23-4-2-1-3-5-23)25(42)12-24(41)17-6-8-22(9-7-17)34-26-35-27(38-13-18(30)10-19(31)14-38)37-28(36-26)39-15-20(32)11-21(33)16-39/h1-9,18-21H,10-16,30-33H2,(H,34,35,36,37). The summed E-state index contributed by atoms with van der Waals surface area (Å²) in [5.41, 5.74) is 25.8. The Labute approximate surface area is 243 Å². The molecule has 2 aliphatic heterocycles. The van der Waals surface area contributed by atoms with E-state index in [2.05, 4.69) is 15.3 Å². The smallest absolute Gasteiger partial charge is 0.262 e. The van der Waals surface area contributed by atoms with E-state index in [1.165, 1.54) is 12.1 Å². The molecule has 1 aromatic heterocycles. The van der Waals surface area contributed by atoms with Crippen molar-refractivity contribution in [2.45, 2.75) is 43.4 Å². The van der Waals surface area contributed by atoms with Gasteiger partial charge >= 0.3 is 0 Å². The van der Waals surface area contributed by atoms with Crippen LogP contribution in [0.2, 0.25) is 0 Å². The van der Waals surface area contributed by atoms with Gasteiger partial charge in [0.05, 0.1) is 12.1 Å². The fourth-order valence-electron chi connectivity index (χ4n) is 5.26. The van der Waals surface area contributed by atoms with Crippen LogP contribution in [0.5, 0.6) is 0 Å². The minimum Gasteiger partial charge on any atom is -0.338 e. The number of piperidine rings is 2. The van der Waals surface area contributed by atoms with Gasteiger partial charge in [0.15, 0.2) is 5.78 Å². The van der Waals surface area contributed by atoms with Gasteiger partial charge < -0.3 is 38.1 Å². The lowest BCUT2D eigenvalue weighted by atomic mass is 10.0. The molecule has 0 aliphatic carbocycles. The molecule has 4 atom stereocenters. The topological polar surface area (TPSA) is 199 Å². The lowest BCUT2D eigenvalue weighted by molar-refractivity contribution is -0.120. The largest absolute Gasteiger partial charge is 0.338 e. The number of aromatic nitrogens is 3. The number of nitrogens with one attached hydrogen (secondary N) is 1. The molecule has 2 aliphatic rings. The van der Waals surface area contributed by atoms with Gasteiger partial charge in [0.2, 0.25) is 17.8 Å². The van der Waals surface area contributed by atoms with Gasteiger partial charge in [-0.15, -0.1) is 5.12 Å². The summed E-state index contributed by atoms with van der Waals surface area (Å²) in [4.78, 5) is 42.9. The maximum Gasteiger partial charge on any atom is 0.262 e. The number of Topliss-reactive ketones (excluding diaryl/α,β-unsaturated/α-hetero) is 1. The number of ketones is 1. The molecule has 0 bridgehead atoms. The molecule has 2 aromatic carbocycles. The minimum atomic E-state index is -0.951. The fourth-order valence-corrected chi connectivity index (χ4v) is 5.26. The Morgan fingerprint density at radius 1 is 0.786 bits per heavy atom. The van der Waals surface area contributed by atoms with Gasteiger partial charge in [-0.25, -0.2) is 0 Å². The summed E-state index contributed by atoms with van der Waals surface area (Å²) in [6.45, 7) is 2.19. The lowest BCUT2D eigenvalue weighted by Crippen LogP contribution is -2.54. The van der Waals surface area contributed by atoms with Crippen LogP contribution in [0.25, 0.3) is 0 Å². The second kappa shape index (κ2) is 12.7. The number of amides is 1. The maximum atomic E-state index is 14.4. The van der Waals surface area contributed by atoms with Crippen molar-refractivity contribution >= 4 is 40.9 Å². The maximum absolute atomic E-state index is 14.4. The summed E-state index contributed by atoms with van der Waals surface area (Å²) in [5, 5.41) is 3.15. The third-order valence-corrected chi connectivity index (χ3v) is 7.18. The predicted octanol–water partition coefficient (Wildman–Crippen LogP) is 0.835. The zero-order valence-corrected chi connectivity index (χ0v) is 23.1. The molecule has 3 heterocycles. The molecule has 13 nitrogen and oxygen atoms in total. The summed E-state index contributed by atoms with van der Waals surface area (Å²) in [7, 11) is 0. The Morgan fingerprint density at radius 3 is 1.79 bits per heavy atom. The molecule has 0 spiro atoms. The number of nitrogens with two attached hydrogens (primary N) is 4. The Bertz CT molecular complexity index is 1330. The Morgan fingerprint density at radius 2 is 1.29 bits per heavy atom. The molecule has 9 N–H and O–H groups in total. The molecule has 42 heavy (non-hydrogen) atoms. The highest BCUT2D eigenvalue weighted by atomic mass is 19.2. The van der Waals surface area contributed by atoms with Crippen LogP contribution >= 0.6 is 0 Å². The molecule has 2 saturated heterocycles. The van der Waals surface area contributed by atoms with Crippen LogP contribution in [0.1, 0.15) is 29.6 Å². The summed E-state index contributed by atoms with van der Waals surface area (Å²) in [6, 6.07) is 13.8. The van der Waals surface area contributed by atoms with Crippen molar-refractivity contribution in [3.8, 4) is 0 Å². The van der Waals surface area contributed by atoms with Crippen molar-refractivity contribution in [3.63, 3.8) is 0 Å². The first kappa shape index (κ1) is 29.3. The highest BCUT2D eigenvalue weighted by Gasteiger charge is 2.29. The molecule has 2 fully saturated rings. The quantitative estimate of drug-likeness (QED) is 0.144. The van der Waals surface area contributed by atoms with E-state index >= 15 is 0 Å². The van der Waals surface area contributed by atoms with Gasteiger partial charge in [0.25, 0.3) is 5.91 Å². The molecule has 4 unspecified atom stereocenters. The van der Waals surface area contributed by atoms with Gasteiger partial charge in [-0.2, -0.15) is 15.0 Å². The van der Waals surface area contributed by atoms with Crippen LogP contribution in [-0.2, 0) is 4.79 Å². The number of nitrogens with zero attached hydrogens (tertiary/aromatic N) is 6. The van der Waals surface area contributed by atoms with Crippen LogP contribution in [-0.4, -0.2) is 77.0 Å². The molecule has 14 heteroatoms. The number of halogens is 1. The van der Waals surface area contributed by atoms with Gasteiger partial charge in [-0.3, -0.25) is 9.59 Å². The van der Waals surface area contributed by atoms with Crippen molar-refractivity contribution in [1.29, 1.82) is 0 Å². The zero-order chi connectivity index (χ0) is 29.8. The number of rotatable bonds is 8. The molecular weight excluding hydrogens is 541 g/mol. The van der Waals surface area contributed by atoms with Gasteiger partial charge in [-0.1, -0.05) is 22.7 Å². The van der Waals surface area contributed by atoms with Gasteiger partial charge in [0.1, 0.15) is 0 Å². The van der Waals surface area contributed by atoms with Gasteiger partial charge in [-0.05, 0) is 49.2 Å². The van der Waals surface area contributed by atoms with E-state index in [4.69, 9.17) is 27.9 Å². The van der Waals surface area contributed by atoms with E-state index in [1.807, 2.05) is 9.80 Å². The number of anilines is 5. The lowest BCUT2D eigenvalue weighted by Gasteiger charge is -2.37. The zero-order valence-electron chi connectivity index (χ0n) is 23.1. The number of para-hydroxylation sites is 1. The van der Waals surface area contributed by atoms with Crippen molar-refractivity contribution in [1.82, 2.24) is 15.0 Å². The van der Waals surface area contributed by atoms with Crippen LogP contribution in [0.15, 0.2) is 54.6 Å². The summed E-state index contributed by atoms with van der Waals surface area (Å²) in [5.74, 6) is -0.320. The van der Waals surface area contributed by atoms with E-state index in [-0.39, 0.29) is 46.5 Å². The van der Waals surface area contributed by atoms with E-state index in [0.717, 1.165) is 0 Å². The van der Waals surface area contributed by atoms with E-state index < -0.39 is 18.1 Å². The van der Waals surface area contributed by atoms with Crippen LogP contribution in [0.4, 0.5) is 33.7 Å². The molecule has 222 valence electrons. The highest BCUT2D eigenvalue weighted by Crippen LogP contribution is 2.24.